The maximum absolute atomic E-state index is 8.97. The molecule has 0 heterocycles. The van der Waals surface area contributed by atoms with Gasteiger partial charge in [-0.05, 0) is 13.8 Å². The summed E-state index contributed by atoms with van der Waals surface area (Å²) in [6, 6.07) is 2.35. The lowest BCUT2D eigenvalue weighted by molar-refractivity contribution is -0.122. The van der Waals surface area contributed by atoms with Crippen molar-refractivity contribution < 1.29 is 5.21 Å². The first-order valence-corrected chi connectivity index (χ1v) is 2.90. The molecule has 0 saturated heterocycles. The minimum absolute atomic E-state index is 0.630. The summed E-state index contributed by atoms with van der Waals surface area (Å²) in [6.45, 7) is 3.04. The highest BCUT2D eigenvalue weighted by Gasteiger charge is 2.15. The molecule has 0 aromatic carbocycles. The predicted octanol–water partition coefficient (Wildman–Crippen LogP) is 0.502. The number of hydrogen-bond donors (Lipinski definition) is 1. The Morgan fingerprint density at radius 1 is 1.20 bits per heavy atom. The fraction of sp³-hybridized carbons (Fsp3) is 0.667. The number of hydroxylamine groups is 2. The molecule has 10 heavy (non-hydrogen) atoms. The Balaban J connectivity index is 4.00. The quantitative estimate of drug-likeness (QED) is 0.565. The van der Waals surface area contributed by atoms with Crippen LogP contribution in [-0.4, -0.2) is 22.4 Å². The van der Waals surface area contributed by atoms with Gasteiger partial charge in [-0.2, -0.15) is 15.6 Å². The standard InChI is InChI=1S/C6H9N3O/c1-5(3-7)9(10)6(2)4-8/h5-6,10H,1-2H3. The average Bonchev–Trinajstić information content (AvgIpc) is 2.00. The summed E-state index contributed by atoms with van der Waals surface area (Å²) in [5.74, 6) is 0. The number of rotatable bonds is 2. The average molecular weight is 139 g/mol. The van der Waals surface area contributed by atoms with E-state index in [1.54, 1.807) is 12.1 Å². The third-order valence-corrected chi connectivity index (χ3v) is 1.17. The van der Waals surface area contributed by atoms with E-state index in [2.05, 4.69) is 0 Å². The predicted molar refractivity (Wildman–Crippen MR) is 33.8 cm³/mol. The monoisotopic (exact) mass is 139 g/mol. The van der Waals surface area contributed by atoms with E-state index in [4.69, 9.17) is 15.7 Å². The lowest BCUT2D eigenvalue weighted by Crippen LogP contribution is -2.35. The summed E-state index contributed by atoms with van der Waals surface area (Å²) < 4.78 is 0. The molecule has 0 rings (SSSR count). The van der Waals surface area contributed by atoms with Crippen molar-refractivity contribution in [2.45, 2.75) is 25.9 Å². The van der Waals surface area contributed by atoms with Crippen LogP contribution in [0, 0.1) is 22.7 Å². The van der Waals surface area contributed by atoms with E-state index in [0.29, 0.717) is 0 Å². The van der Waals surface area contributed by atoms with Crippen LogP contribution in [-0.2, 0) is 0 Å². The van der Waals surface area contributed by atoms with Crippen molar-refractivity contribution in [3.8, 4) is 12.1 Å². The minimum atomic E-state index is -0.630. The lowest BCUT2D eigenvalue weighted by Gasteiger charge is -2.17. The largest absolute Gasteiger partial charge is 0.311 e. The van der Waals surface area contributed by atoms with Crippen LogP contribution in [0.2, 0.25) is 0 Å². The molecule has 0 bridgehead atoms. The Labute approximate surface area is 59.9 Å². The highest BCUT2D eigenvalue weighted by atomic mass is 16.5. The summed E-state index contributed by atoms with van der Waals surface area (Å²) in [5, 5.41) is 26.3. The summed E-state index contributed by atoms with van der Waals surface area (Å²) in [4.78, 5) is 0. The molecule has 2 unspecified atom stereocenters. The molecule has 0 aliphatic heterocycles. The second kappa shape index (κ2) is 3.84. The van der Waals surface area contributed by atoms with Gasteiger partial charge in [0.2, 0.25) is 0 Å². The molecule has 0 radical (unpaired) electrons. The molecule has 54 valence electrons. The van der Waals surface area contributed by atoms with Crippen molar-refractivity contribution in [2.24, 2.45) is 0 Å². The number of nitrogens with zero attached hydrogens (tertiary/aromatic N) is 3. The Morgan fingerprint density at radius 2 is 1.50 bits per heavy atom. The normalized spacial score (nSPS) is 15.4. The van der Waals surface area contributed by atoms with Crippen LogP contribution < -0.4 is 0 Å². The lowest BCUT2D eigenvalue weighted by atomic mass is 10.3. The van der Waals surface area contributed by atoms with Crippen molar-refractivity contribution >= 4 is 0 Å². The molecule has 0 fully saturated rings. The smallest absolute Gasteiger partial charge is 0.120 e. The second-order valence-corrected chi connectivity index (χ2v) is 1.99. The molecular weight excluding hydrogens is 130 g/mol. The highest BCUT2D eigenvalue weighted by molar-refractivity contribution is 4.93. The van der Waals surface area contributed by atoms with Gasteiger partial charge in [0, 0.05) is 0 Å². The molecule has 0 aromatic heterocycles. The van der Waals surface area contributed by atoms with Crippen molar-refractivity contribution in [1.29, 1.82) is 10.5 Å². The van der Waals surface area contributed by atoms with Crippen LogP contribution in [0.4, 0.5) is 0 Å². The third-order valence-electron chi connectivity index (χ3n) is 1.17. The fourth-order valence-electron chi connectivity index (χ4n) is 0.454. The third kappa shape index (κ3) is 2.02. The maximum atomic E-state index is 8.97. The summed E-state index contributed by atoms with van der Waals surface area (Å²) in [6.07, 6.45) is 0. The zero-order chi connectivity index (χ0) is 8.15. The molecular formula is C6H9N3O. The van der Waals surface area contributed by atoms with Crippen LogP contribution in [0.5, 0.6) is 0 Å². The van der Waals surface area contributed by atoms with Gasteiger partial charge in [-0.25, -0.2) is 0 Å². The molecule has 0 amide bonds. The Hall–Kier alpha value is -1.10. The molecule has 4 heteroatoms. The van der Waals surface area contributed by atoms with Crippen LogP contribution in [0.15, 0.2) is 0 Å². The second-order valence-electron chi connectivity index (χ2n) is 1.99. The first-order valence-electron chi connectivity index (χ1n) is 2.90. The van der Waals surface area contributed by atoms with Gasteiger partial charge in [-0.1, -0.05) is 0 Å². The van der Waals surface area contributed by atoms with Gasteiger partial charge in [-0.15, -0.1) is 0 Å². The Morgan fingerprint density at radius 3 is 1.70 bits per heavy atom. The summed E-state index contributed by atoms with van der Waals surface area (Å²) >= 11 is 0. The van der Waals surface area contributed by atoms with Gasteiger partial charge in [-0.3, -0.25) is 0 Å². The molecule has 0 aromatic rings. The van der Waals surface area contributed by atoms with Crippen molar-refractivity contribution in [2.75, 3.05) is 0 Å². The van der Waals surface area contributed by atoms with E-state index in [1.807, 2.05) is 0 Å². The summed E-state index contributed by atoms with van der Waals surface area (Å²) in [5.41, 5.74) is 0. The highest BCUT2D eigenvalue weighted by Crippen LogP contribution is 1.98. The van der Waals surface area contributed by atoms with E-state index >= 15 is 0 Å². The van der Waals surface area contributed by atoms with E-state index in [-0.39, 0.29) is 0 Å². The molecule has 0 aliphatic rings. The van der Waals surface area contributed by atoms with Crippen molar-refractivity contribution in [3.05, 3.63) is 0 Å². The Kier molecular flexibility index (Phi) is 3.42. The van der Waals surface area contributed by atoms with Crippen LogP contribution in [0.1, 0.15) is 13.8 Å². The van der Waals surface area contributed by atoms with Gasteiger partial charge in [0.05, 0.1) is 12.1 Å². The van der Waals surface area contributed by atoms with Gasteiger partial charge >= 0.3 is 0 Å². The van der Waals surface area contributed by atoms with Gasteiger partial charge in [0.25, 0.3) is 0 Å². The first kappa shape index (κ1) is 8.90. The summed E-state index contributed by atoms with van der Waals surface area (Å²) in [7, 11) is 0. The van der Waals surface area contributed by atoms with Crippen molar-refractivity contribution in [1.82, 2.24) is 5.06 Å². The van der Waals surface area contributed by atoms with Gasteiger partial charge in [0.1, 0.15) is 12.1 Å². The fourth-order valence-corrected chi connectivity index (χ4v) is 0.454. The SMILES string of the molecule is CC(C#N)N(O)C(C)C#N. The molecule has 4 nitrogen and oxygen atoms in total. The maximum Gasteiger partial charge on any atom is 0.120 e. The zero-order valence-corrected chi connectivity index (χ0v) is 5.94. The van der Waals surface area contributed by atoms with Gasteiger partial charge in [0.15, 0.2) is 0 Å². The van der Waals surface area contributed by atoms with E-state index in [1.165, 1.54) is 13.8 Å². The molecule has 0 saturated carbocycles. The first-order chi connectivity index (χ1) is 4.63. The molecule has 2 atom stereocenters. The number of hydrogen-bond acceptors (Lipinski definition) is 4. The van der Waals surface area contributed by atoms with Crippen LogP contribution in [0.3, 0.4) is 0 Å². The van der Waals surface area contributed by atoms with Crippen LogP contribution >= 0.6 is 0 Å². The van der Waals surface area contributed by atoms with E-state index in [9.17, 15) is 0 Å². The van der Waals surface area contributed by atoms with E-state index in [0.717, 1.165) is 5.06 Å². The molecule has 0 aliphatic carbocycles. The van der Waals surface area contributed by atoms with Crippen molar-refractivity contribution in [3.63, 3.8) is 0 Å². The zero-order valence-electron chi connectivity index (χ0n) is 5.94. The Bertz CT molecular complexity index is 158. The molecule has 1 N–H and O–H groups in total. The topological polar surface area (TPSA) is 71.1 Å². The van der Waals surface area contributed by atoms with Gasteiger partial charge < -0.3 is 5.21 Å². The van der Waals surface area contributed by atoms with E-state index < -0.39 is 12.1 Å². The minimum Gasteiger partial charge on any atom is -0.311 e. The van der Waals surface area contributed by atoms with Crippen LogP contribution in [0.25, 0.3) is 0 Å². The molecule has 0 spiro atoms. The number of nitriles is 2.